The molecule has 4 nitrogen and oxygen atoms in total. The summed E-state index contributed by atoms with van der Waals surface area (Å²) in [5, 5.41) is 8.28. The van der Waals surface area contributed by atoms with E-state index in [0.717, 1.165) is 16.7 Å². The van der Waals surface area contributed by atoms with E-state index in [1.54, 1.807) is 0 Å². The van der Waals surface area contributed by atoms with Gasteiger partial charge in [-0.3, -0.25) is 0 Å². The molecular formula is C12H11IN4. The summed E-state index contributed by atoms with van der Waals surface area (Å²) in [6.07, 6.45) is 3.98. The Bertz CT molecular complexity index is 630. The molecule has 0 saturated heterocycles. The first-order valence-electron chi connectivity index (χ1n) is 5.11. The van der Waals surface area contributed by atoms with E-state index in [2.05, 4.69) is 10.3 Å². The van der Waals surface area contributed by atoms with Crippen molar-refractivity contribution >= 4 is 11.0 Å². The quantitative estimate of drug-likeness (QED) is 0.390. The van der Waals surface area contributed by atoms with Gasteiger partial charge in [-0.2, -0.15) is 0 Å². The first kappa shape index (κ1) is 12.0. The highest BCUT2D eigenvalue weighted by Gasteiger charge is 2.05. The number of hydrogen-bond donors (Lipinski definition) is 0. The summed E-state index contributed by atoms with van der Waals surface area (Å²) in [6, 6.07) is 12.0. The van der Waals surface area contributed by atoms with E-state index in [1.807, 2.05) is 65.1 Å². The van der Waals surface area contributed by atoms with Gasteiger partial charge in [0.25, 0.3) is 0 Å². The fourth-order valence-corrected chi connectivity index (χ4v) is 1.69. The Morgan fingerprint density at radius 3 is 2.53 bits per heavy atom. The zero-order valence-electron chi connectivity index (χ0n) is 9.29. The maximum absolute atomic E-state index is 4.15. The molecule has 0 N–H and O–H groups in total. The van der Waals surface area contributed by atoms with Crippen molar-refractivity contribution in [3.63, 3.8) is 0 Å². The van der Waals surface area contributed by atoms with Crippen LogP contribution < -0.4 is 28.5 Å². The molecule has 17 heavy (non-hydrogen) atoms. The van der Waals surface area contributed by atoms with Gasteiger partial charge in [0.2, 0.25) is 0 Å². The minimum absolute atomic E-state index is 0. The molecule has 3 aromatic rings. The van der Waals surface area contributed by atoms with Crippen molar-refractivity contribution in [1.29, 1.82) is 0 Å². The first-order valence-corrected chi connectivity index (χ1v) is 5.11. The number of pyridine rings is 1. The van der Waals surface area contributed by atoms with Crippen LogP contribution in [0.2, 0.25) is 0 Å². The van der Waals surface area contributed by atoms with Crippen molar-refractivity contribution in [2.45, 2.75) is 0 Å². The summed E-state index contributed by atoms with van der Waals surface area (Å²) < 4.78 is 3.83. The highest BCUT2D eigenvalue weighted by atomic mass is 127. The van der Waals surface area contributed by atoms with Gasteiger partial charge in [0.05, 0.1) is 11.2 Å². The largest absolute Gasteiger partial charge is 1.00 e. The third-order valence-electron chi connectivity index (χ3n) is 2.56. The van der Waals surface area contributed by atoms with Gasteiger partial charge in [-0.15, -0.1) is 5.10 Å². The van der Waals surface area contributed by atoms with Crippen LogP contribution in [0.1, 0.15) is 0 Å². The molecule has 0 amide bonds. The Morgan fingerprint density at radius 1 is 1.06 bits per heavy atom. The Labute approximate surface area is 116 Å². The lowest BCUT2D eigenvalue weighted by Gasteiger charge is -1.99. The van der Waals surface area contributed by atoms with E-state index in [9.17, 15) is 0 Å². The number of halogens is 1. The molecule has 1 aromatic carbocycles. The zero-order valence-corrected chi connectivity index (χ0v) is 11.4. The molecule has 0 radical (unpaired) electrons. The lowest BCUT2D eigenvalue weighted by molar-refractivity contribution is -0.671. The molecule has 5 heteroatoms. The van der Waals surface area contributed by atoms with Crippen molar-refractivity contribution in [2.24, 2.45) is 7.05 Å². The predicted molar refractivity (Wildman–Crippen MR) is 60.0 cm³/mol. The number of hydrogen-bond acceptors (Lipinski definition) is 2. The molecule has 0 bridgehead atoms. The van der Waals surface area contributed by atoms with Gasteiger partial charge < -0.3 is 24.0 Å². The van der Waals surface area contributed by atoms with Crippen LogP contribution in [0.5, 0.6) is 0 Å². The topological polar surface area (TPSA) is 34.6 Å². The molecule has 0 atom stereocenters. The molecular weight excluding hydrogens is 327 g/mol. The predicted octanol–water partition coefficient (Wildman–Crippen LogP) is -1.75. The lowest BCUT2D eigenvalue weighted by Crippen LogP contribution is -3.00. The molecule has 86 valence electrons. The molecule has 0 saturated carbocycles. The Hall–Kier alpha value is -1.50. The Balaban J connectivity index is 0.00000108. The fraction of sp³-hybridized carbons (Fsp3) is 0.0833. The van der Waals surface area contributed by atoms with Gasteiger partial charge in [-0.05, 0) is 12.1 Å². The second-order valence-electron chi connectivity index (χ2n) is 3.71. The van der Waals surface area contributed by atoms with Crippen molar-refractivity contribution in [3.8, 4) is 5.69 Å². The van der Waals surface area contributed by atoms with Gasteiger partial charge in [-0.25, -0.2) is 9.25 Å². The van der Waals surface area contributed by atoms with Crippen molar-refractivity contribution in [3.05, 3.63) is 48.8 Å². The summed E-state index contributed by atoms with van der Waals surface area (Å²) in [5.41, 5.74) is 2.96. The molecule has 0 fully saturated rings. The first-order chi connectivity index (χ1) is 7.84. The second-order valence-corrected chi connectivity index (χ2v) is 3.71. The van der Waals surface area contributed by atoms with Crippen LogP contribution in [-0.2, 0) is 7.05 Å². The monoisotopic (exact) mass is 338 g/mol. The number of aryl methyl sites for hydroxylation is 1. The molecule has 2 aromatic heterocycles. The fourth-order valence-electron chi connectivity index (χ4n) is 1.69. The minimum atomic E-state index is 0. The van der Waals surface area contributed by atoms with Gasteiger partial charge in [-0.1, -0.05) is 17.3 Å². The SMILES string of the molecule is C[n+]1ccc(-n2nnc3ccccc32)cc1.[I-]. The summed E-state index contributed by atoms with van der Waals surface area (Å²) >= 11 is 0. The van der Waals surface area contributed by atoms with E-state index in [4.69, 9.17) is 0 Å². The van der Waals surface area contributed by atoms with E-state index in [-0.39, 0.29) is 24.0 Å². The molecule has 0 aliphatic heterocycles. The van der Waals surface area contributed by atoms with Crippen molar-refractivity contribution in [1.82, 2.24) is 15.0 Å². The summed E-state index contributed by atoms with van der Waals surface area (Å²) in [5.74, 6) is 0. The lowest BCUT2D eigenvalue weighted by atomic mass is 10.3. The molecule has 2 heterocycles. The zero-order chi connectivity index (χ0) is 11.0. The van der Waals surface area contributed by atoms with Gasteiger partial charge in [0.15, 0.2) is 12.4 Å². The van der Waals surface area contributed by atoms with Crippen LogP contribution in [-0.4, -0.2) is 15.0 Å². The number of aromatic nitrogens is 4. The van der Waals surface area contributed by atoms with Crippen molar-refractivity contribution < 1.29 is 28.5 Å². The van der Waals surface area contributed by atoms with Crippen LogP contribution in [0.25, 0.3) is 16.7 Å². The Kier molecular flexibility index (Phi) is 3.37. The van der Waals surface area contributed by atoms with Crippen LogP contribution in [0.3, 0.4) is 0 Å². The van der Waals surface area contributed by atoms with Crippen molar-refractivity contribution in [2.75, 3.05) is 0 Å². The van der Waals surface area contributed by atoms with Crippen LogP contribution in [0, 0.1) is 0 Å². The molecule has 0 aliphatic rings. The summed E-state index contributed by atoms with van der Waals surface area (Å²) in [6.45, 7) is 0. The number of rotatable bonds is 1. The summed E-state index contributed by atoms with van der Waals surface area (Å²) in [4.78, 5) is 0. The molecule has 0 spiro atoms. The minimum Gasteiger partial charge on any atom is -1.00 e. The van der Waals surface area contributed by atoms with E-state index in [1.165, 1.54) is 0 Å². The van der Waals surface area contributed by atoms with Crippen LogP contribution in [0.4, 0.5) is 0 Å². The molecule has 3 rings (SSSR count). The van der Waals surface area contributed by atoms with E-state index >= 15 is 0 Å². The summed E-state index contributed by atoms with van der Waals surface area (Å²) in [7, 11) is 1.99. The van der Waals surface area contributed by atoms with Gasteiger partial charge >= 0.3 is 0 Å². The van der Waals surface area contributed by atoms with Gasteiger partial charge in [0, 0.05) is 12.1 Å². The number of benzene rings is 1. The number of nitrogens with zero attached hydrogens (tertiary/aromatic N) is 4. The van der Waals surface area contributed by atoms with Crippen LogP contribution in [0.15, 0.2) is 48.8 Å². The molecule has 0 aliphatic carbocycles. The Morgan fingerprint density at radius 2 is 1.76 bits per heavy atom. The maximum atomic E-state index is 4.15. The average molecular weight is 338 g/mol. The second kappa shape index (κ2) is 4.79. The molecule has 0 unspecified atom stereocenters. The van der Waals surface area contributed by atoms with E-state index < -0.39 is 0 Å². The highest BCUT2D eigenvalue weighted by Crippen LogP contribution is 2.14. The smallest absolute Gasteiger partial charge is 0.170 e. The van der Waals surface area contributed by atoms with Gasteiger partial charge in [0.1, 0.15) is 12.6 Å². The maximum Gasteiger partial charge on any atom is 0.170 e. The normalized spacial score (nSPS) is 10.2. The highest BCUT2D eigenvalue weighted by molar-refractivity contribution is 5.75. The number of para-hydroxylation sites is 1. The van der Waals surface area contributed by atoms with Crippen LogP contribution >= 0.6 is 0 Å². The van der Waals surface area contributed by atoms with E-state index in [0.29, 0.717) is 0 Å². The third-order valence-corrected chi connectivity index (χ3v) is 2.56. The third kappa shape index (κ3) is 2.14. The standard InChI is InChI=1S/C12H11N4.HI/c1-15-8-6-10(7-9-15)16-12-5-3-2-4-11(12)13-14-16;/h2-9H,1H3;1H/q+1;/p-1. The number of fused-ring (bicyclic) bond motifs is 1. The average Bonchev–Trinajstić information content (AvgIpc) is 2.74.